The zero-order chi connectivity index (χ0) is 17.8. The summed E-state index contributed by atoms with van der Waals surface area (Å²) >= 11 is 1.70. The lowest BCUT2D eigenvalue weighted by molar-refractivity contribution is -0.131. The third-order valence-corrected chi connectivity index (χ3v) is 5.36. The van der Waals surface area contributed by atoms with Gasteiger partial charge in [-0.05, 0) is 67.8 Å². The zero-order valence-electron chi connectivity index (χ0n) is 14.5. The molecule has 2 aromatic rings. The van der Waals surface area contributed by atoms with Crippen molar-refractivity contribution >= 4 is 29.3 Å². The molecule has 0 bridgehead atoms. The van der Waals surface area contributed by atoms with Gasteiger partial charge < -0.3 is 10.2 Å². The molecule has 2 aromatic carbocycles. The van der Waals surface area contributed by atoms with Crippen LogP contribution in [-0.2, 0) is 9.59 Å². The molecule has 25 heavy (non-hydrogen) atoms. The maximum atomic E-state index is 12.0. The number of rotatable bonds is 5. The van der Waals surface area contributed by atoms with Crippen LogP contribution in [0.2, 0.25) is 0 Å². The predicted molar refractivity (Wildman–Crippen MR) is 101 cm³/mol. The first kappa shape index (κ1) is 17.5. The van der Waals surface area contributed by atoms with Gasteiger partial charge in [0.2, 0.25) is 11.8 Å². The number of carbonyl (C=O) groups excluding carboxylic acids is 2. The fraction of sp³-hybridized carbons (Fsp3) is 0.300. The van der Waals surface area contributed by atoms with Crippen molar-refractivity contribution in [1.29, 1.82) is 0 Å². The number of likely N-dealkylation sites (tertiary alicyclic amines) is 1. The summed E-state index contributed by atoms with van der Waals surface area (Å²) in [4.78, 5) is 27.6. The van der Waals surface area contributed by atoms with Crippen LogP contribution in [0.25, 0.3) is 0 Å². The molecule has 1 heterocycles. The van der Waals surface area contributed by atoms with Crippen LogP contribution in [0.3, 0.4) is 0 Å². The third kappa shape index (κ3) is 4.63. The molecule has 130 valence electrons. The van der Waals surface area contributed by atoms with Crippen LogP contribution in [0, 0.1) is 13.8 Å². The lowest BCUT2D eigenvalue weighted by Gasteiger charge is -2.15. The van der Waals surface area contributed by atoms with Gasteiger partial charge in [0.1, 0.15) is 0 Å². The van der Waals surface area contributed by atoms with Gasteiger partial charge in [0.15, 0.2) is 0 Å². The summed E-state index contributed by atoms with van der Waals surface area (Å²) in [6.45, 7) is 5.04. The van der Waals surface area contributed by atoms with Crippen LogP contribution in [0.1, 0.15) is 24.0 Å². The van der Waals surface area contributed by atoms with Crippen molar-refractivity contribution in [3.8, 4) is 0 Å². The van der Waals surface area contributed by atoms with Crippen LogP contribution in [0.4, 0.5) is 5.69 Å². The van der Waals surface area contributed by atoms with E-state index in [-0.39, 0.29) is 18.4 Å². The van der Waals surface area contributed by atoms with E-state index < -0.39 is 0 Å². The van der Waals surface area contributed by atoms with Crippen LogP contribution in [0.15, 0.2) is 52.3 Å². The second-order valence-corrected chi connectivity index (χ2v) is 7.49. The summed E-state index contributed by atoms with van der Waals surface area (Å²) in [6, 6.07) is 14.2. The van der Waals surface area contributed by atoms with Gasteiger partial charge in [-0.15, -0.1) is 0 Å². The van der Waals surface area contributed by atoms with Crippen LogP contribution >= 0.6 is 11.8 Å². The lowest BCUT2D eigenvalue weighted by Crippen LogP contribution is -2.33. The van der Waals surface area contributed by atoms with Crippen molar-refractivity contribution < 1.29 is 9.59 Å². The van der Waals surface area contributed by atoms with Crippen molar-refractivity contribution in [1.82, 2.24) is 4.90 Å². The van der Waals surface area contributed by atoms with Gasteiger partial charge in [0.05, 0.1) is 6.54 Å². The average Bonchev–Trinajstić information content (AvgIpc) is 2.98. The molecule has 0 aliphatic carbocycles. The Morgan fingerprint density at radius 2 is 1.80 bits per heavy atom. The number of hydrogen-bond donors (Lipinski definition) is 1. The van der Waals surface area contributed by atoms with E-state index in [1.165, 1.54) is 16.0 Å². The van der Waals surface area contributed by atoms with E-state index in [0.29, 0.717) is 13.0 Å². The highest BCUT2D eigenvalue weighted by molar-refractivity contribution is 7.99. The van der Waals surface area contributed by atoms with Gasteiger partial charge >= 0.3 is 0 Å². The molecular weight excluding hydrogens is 332 g/mol. The highest BCUT2D eigenvalue weighted by atomic mass is 32.2. The first-order valence-electron chi connectivity index (χ1n) is 8.44. The molecule has 0 aromatic heterocycles. The second-order valence-electron chi connectivity index (χ2n) is 6.34. The minimum atomic E-state index is -0.148. The Morgan fingerprint density at radius 1 is 1.08 bits per heavy atom. The minimum absolute atomic E-state index is 0.0651. The Kier molecular flexibility index (Phi) is 5.43. The number of aryl methyl sites for hydroxylation is 2. The fourth-order valence-electron chi connectivity index (χ4n) is 2.76. The number of amides is 2. The lowest BCUT2D eigenvalue weighted by atomic mass is 10.1. The molecular formula is C20H22N2O2S. The van der Waals surface area contributed by atoms with E-state index in [1.54, 1.807) is 16.7 Å². The monoisotopic (exact) mass is 354 g/mol. The molecule has 1 N–H and O–H groups in total. The third-order valence-electron chi connectivity index (χ3n) is 4.36. The second kappa shape index (κ2) is 7.74. The Hall–Kier alpha value is -2.27. The van der Waals surface area contributed by atoms with E-state index in [1.807, 2.05) is 24.3 Å². The molecule has 1 aliphatic heterocycles. The highest BCUT2D eigenvalue weighted by Crippen LogP contribution is 2.29. The van der Waals surface area contributed by atoms with Gasteiger partial charge in [-0.25, -0.2) is 0 Å². The Labute approximate surface area is 152 Å². The predicted octanol–water partition coefficient (Wildman–Crippen LogP) is 4.02. The summed E-state index contributed by atoms with van der Waals surface area (Å²) < 4.78 is 0. The topological polar surface area (TPSA) is 49.4 Å². The number of nitrogens with zero attached hydrogens (tertiary/aromatic N) is 1. The zero-order valence-corrected chi connectivity index (χ0v) is 15.4. The molecule has 5 heteroatoms. The maximum Gasteiger partial charge on any atom is 0.243 e. The van der Waals surface area contributed by atoms with E-state index >= 15 is 0 Å². The molecule has 1 fully saturated rings. The Bertz CT molecular complexity index is 787. The number of anilines is 1. The summed E-state index contributed by atoms with van der Waals surface area (Å²) in [6.07, 6.45) is 1.40. The summed E-state index contributed by atoms with van der Waals surface area (Å²) in [7, 11) is 0. The highest BCUT2D eigenvalue weighted by Gasteiger charge is 2.22. The summed E-state index contributed by atoms with van der Waals surface area (Å²) in [5, 5.41) is 2.85. The molecule has 2 amide bonds. The van der Waals surface area contributed by atoms with Crippen molar-refractivity contribution in [3.63, 3.8) is 0 Å². The van der Waals surface area contributed by atoms with Gasteiger partial charge in [-0.2, -0.15) is 0 Å². The normalized spacial score (nSPS) is 14.0. The summed E-state index contributed by atoms with van der Waals surface area (Å²) in [5.41, 5.74) is 3.32. The van der Waals surface area contributed by atoms with E-state index in [4.69, 9.17) is 0 Å². The van der Waals surface area contributed by atoms with Gasteiger partial charge in [0, 0.05) is 28.4 Å². The number of nitrogens with one attached hydrogen (secondary N) is 1. The van der Waals surface area contributed by atoms with E-state index in [9.17, 15) is 9.59 Å². The standard InChI is InChI=1S/C20H22N2O2S/c1-14-5-8-18(12-15(14)2)25-17-9-6-16(7-10-17)21-19(23)13-22-11-3-4-20(22)24/h5-10,12H,3-4,11,13H2,1-2H3,(H,21,23). The molecule has 0 atom stereocenters. The van der Waals surface area contributed by atoms with Gasteiger partial charge in [-0.3, -0.25) is 9.59 Å². The SMILES string of the molecule is Cc1ccc(Sc2ccc(NC(=O)CN3CCCC3=O)cc2)cc1C. The first-order valence-corrected chi connectivity index (χ1v) is 9.26. The molecule has 4 nitrogen and oxygen atoms in total. The Balaban J connectivity index is 1.57. The molecule has 0 radical (unpaired) electrons. The van der Waals surface area contributed by atoms with Crippen molar-refractivity contribution in [2.75, 3.05) is 18.4 Å². The number of carbonyl (C=O) groups is 2. The van der Waals surface area contributed by atoms with Gasteiger partial charge in [0.25, 0.3) is 0 Å². The van der Waals surface area contributed by atoms with Crippen LogP contribution in [0.5, 0.6) is 0 Å². The molecule has 0 saturated carbocycles. The molecule has 0 spiro atoms. The average molecular weight is 354 g/mol. The van der Waals surface area contributed by atoms with E-state index in [0.717, 1.165) is 17.0 Å². The maximum absolute atomic E-state index is 12.0. The molecule has 3 rings (SSSR count). The van der Waals surface area contributed by atoms with Crippen molar-refractivity contribution in [2.45, 2.75) is 36.5 Å². The largest absolute Gasteiger partial charge is 0.333 e. The number of benzene rings is 2. The molecule has 1 saturated heterocycles. The molecule has 0 unspecified atom stereocenters. The Morgan fingerprint density at radius 3 is 2.44 bits per heavy atom. The van der Waals surface area contributed by atoms with Crippen LogP contribution < -0.4 is 5.32 Å². The van der Waals surface area contributed by atoms with Crippen molar-refractivity contribution in [3.05, 3.63) is 53.6 Å². The number of hydrogen-bond acceptors (Lipinski definition) is 3. The van der Waals surface area contributed by atoms with E-state index in [2.05, 4.69) is 37.4 Å². The van der Waals surface area contributed by atoms with Crippen molar-refractivity contribution in [2.24, 2.45) is 0 Å². The van der Waals surface area contributed by atoms with Gasteiger partial charge in [-0.1, -0.05) is 17.8 Å². The molecule has 1 aliphatic rings. The fourth-order valence-corrected chi connectivity index (χ4v) is 3.68. The minimum Gasteiger partial charge on any atom is -0.333 e. The summed E-state index contributed by atoms with van der Waals surface area (Å²) in [5.74, 6) is -0.0832. The first-order chi connectivity index (χ1) is 12.0. The van der Waals surface area contributed by atoms with Crippen LogP contribution in [-0.4, -0.2) is 29.8 Å². The quantitative estimate of drug-likeness (QED) is 0.882. The smallest absolute Gasteiger partial charge is 0.243 e.